The molecule has 41 heavy (non-hydrogen) atoms. The number of hydrogen-bond acceptors (Lipinski definition) is 8. The highest BCUT2D eigenvalue weighted by atomic mass is 19.1. The van der Waals surface area contributed by atoms with Crippen LogP contribution in [-0.4, -0.2) is 40.5 Å². The Bertz CT molecular complexity index is 1790. The summed E-state index contributed by atoms with van der Waals surface area (Å²) in [5.41, 5.74) is 2.26. The number of fused-ring (bicyclic) bond motifs is 1. The van der Waals surface area contributed by atoms with E-state index in [0.717, 1.165) is 0 Å². The average molecular weight is 555 g/mol. The summed E-state index contributed by atoms with van der Waals surface area (Å²) in [6.07, 6.45) is 1.43. The molecular weight excluding hydrogens is 527 g/mol. The van der Waals surface area contributed by atoms with Crippen molar-refractivity contribution in [1.82, 2.24) is 25.8 Å². The standard InChI is InChI=1S/C30H27FN6O4/c1-4-33-25-21(15-22-23(27(39)32-3)24(40-28(22)35-25)17-8-10-20(31)11-9-17)18-6-5-7-19(14-18)26(38)36-30(12-13-30)29-34-16(2)37-41-29/h5-11,14-15H,4,12-13H2,1-3H3,(H,32,39)(H,33,35)(H,36,38). The maximum Gasteiger partial charge on any atom is 0.255 e. The Hall–Kier alpha value is -5.06. The zero-order valence-electron chi connectivity index (χ0n) is 22.7. The third kappa shape index (κ3) is 4.79. The van der Waals surface area contributed by atoms with Gasteiger partial charge in [0.25, 0.3) is 17.7 Å². The third-order valence-electron chi connectivity index (χ3n) is 7.06. The molecule has 3 N–H and O–H groups in total. The number of pyridine rings is 1. The molecule has 0 saturated heterocycles. The number of rotatable bonds is 8. The van der Waals surface area contributed by atoms with Gasteiger partial charge in [-0.15, -0.1) is 0 Å². The molecule has 1 aliphatic carbocycles. The molecule has 0 bridgehead atoms. The Morgan fingerprint density at radius 2 is 1.80 bits per heavy atom. The molecular formula is C30H27FN6O4. The van der Waals surface area contributed by atoms with E-state index >= 15 is 0 Å². The van der Waals surface area contributed by atoms with Crippen molar-refractivity contribution in [2.24, 2.45) is 0 Å². The Kier molecular flexibility index (Phi) is 6.49. The first-order valence-corrected chi connectivity index (χ1v) is 13.2. The van der Waals surface area contributed by atoms with Gasteiger partial charge in [0.2, 0.25) is 5.71 Å². The molecule has 1 aliphatic rings. The van der Waals surface area contributed by atoms with Crippen LogP contribution in [0.1, 0.15) is 52.2 Å². The molecule has 6 rings (SSSR count). The number of amides is 2. The minimum atomic E-state index is -0.653. The highest BCUT2D eigenvalue weighted by Crippen LogP contribution is 2.45. The van der Waals surface area contributed by atoms with Crippen molar-refractivity contribution in [2.45, 2.75) is 32.2 Å². The molecule has 5 aromatic rings. The Morgan fingerprint density at radius 3 is 2.46 bits per heavy atom. The number of hydrogen-bond donors (Lipinski definition) is 3. The Morgan fingerprint density at radius 1 is 1.02 bits per heavy atom. The van der Waals surface area contributed by atoms with Crippen LogP contribution >= 0.6 is 0 Å². The number of nitrogens with zero attached hydrogens (tertiary/aromatic N) is 3. The molecule has 3 heterocycles. The fraction of sp³-hybridized carbons (Fsp3) is 0.233. The number of anilines is 1. The lowest BCUT2D eigenvalue weighted by Gasteiger charge is -2.14. The molecule has 10 nitrogen and oxygen atoms in total. The number of benzene rings is 2. The first kappa shape index (κ1) is 26.2. The molecule has 208 valence electrons. The van der Waals surface area contributed by atoms with E-state index in [-0.39, 0.29) is 28.9 Å². The van der Waals surface area contributed by atoms with Crippen molar-refractivity contribution in [3.8, 4) is 22.5 Å². The highest BCUT2D eigenvalue weighted by molar-refractivity contribution is 6.11. The first-order chi connectivity index (χ1) is 19.8. The normalized spacial score (nSPS) is 13.7. The van der Waals surface area contributed by atoms with Crippen molar-refractivity contribution in [2.75, 3.05) is 18.9 Å². The molecule has 3 aromatic heterocycles. The van der Waals surface area contributed by atoms with E-state index in [1.165, 1.54) is 19.2 Å². The minimum Gasteiger partial charge on any atom is -0.437 e. The van der Waals surface area contributed by atoms with Gasteiger partial charge < -0.3 is 24.9 Å². The SMILES string of the molecule is CCNc1nc2oc(-c3ccc(F)cc3)c(C(=O)NC)c2cc1-c1cccc(C(=O)NC2(c3nc(C)no3)CC2)c1. The molecule has 2 amide bonds. The number of aromatic nitrogens is 3. The van der Waals surface area contributed by atoms with Crippen LogP contribution in [0.5, 0.6) is 0 Å². The van der Waals surface area contributed by atoms with Crippen molar-refractivity contribution in [3.05, 3.63) is 83.3 Å². The summed E-state index contributed by atoms with van der Waals surface area (Å²) >= 11 is 0. The second kappa shape index (κ2) is 10.2. The van der Waals surface area contributed by atoms with E-state index in [1.807, 2.05) is 19.1 Å². The number of nitrogens with one attached hydrogen (secondary N) is 3. The molecule has 2 aromatic carbocycles. The van der Waals surface area contributed by atoms with Crippen molar-refractivity contribution >= 4 is 28.7 Å². The lowest BCUT2D eigenvalue weighted by molar-refractivity contribution is 0.0919. The second-order valence-corrected chi connectivity index (χ2v) is 9.92. The van der Waals surface area contributed by atoms with Crippen LogP contribution in [0, 0.1) is 12.7 Å². The third-order valence-corrected chi connectivity index (χ3v) is 7.06. The van der Waals surface area contributed by atoms with Crippen LogP contribution in [0.15, 0.2) is 63.5 Å². The van der Waals surface area contributed by atoms with E-state index in [4.69, 9.17) is 13.9 Å². The number of halogens is 1. The topological polar surface area (TPSA) is 135 Å². The number of aryl methyl sites for hydroxylation is 1. The number of carbonyl (C=O) groups is 2. The van der Waals surface area contributed by atoms with Crippen LogP contribution in [0.25, 0.3) is 33.6 Å². The van der Waals surface area contributed by atoms with Gasteiger partial charge >= 0.3 is 0 Å². The molecule has 0 radical (unpaired) electrons. The molecule has 1 saturated carbocycles. The van der Waals surface area contributed by atoms with Crippen LogP contribution in [0.2, 0.25) is 0 Å². The lowest BCUT2D eigenvalue weighted by Crippen LogP contribution is -2.35. The molecule has 1 fully saturated rings. The van der Waals surface area contributed by atoms with Gasteiger partial charge in [-0.25, -0.2) is 4.39 Å². The molecule has 0 aliphatic heterocycles. The van der Waals surface area contributed by atoms with Crippen LogP contribution in [-0.2, 0) is 5.54 Å². The molecule has 0 spiro atoms. The van der Waals surface area contributed by atoms with Crippen LogP contribution < -0.4 is 16.0 Å². The summed E-state index contributed by atoms with van der Waals surface area (Å²) < 4.78 is 25.0. The Balaban J connectivity index is 1.42. The van der Waals surface area contributed by atoms with E-state index in [0.29, 0.717) is 64.6 Å². The predicted molar refractivity (Wildman–Crippen MR) is 150 cm³/mol. The van der Waals surface area contributed by atoms with Crippen molar-refractivity contribution < 1.29 is 22.9 Å². The summed E-state index contributed by atoms with van der Waals surface area (Å²) in [6.45, 7) is 4.25. The van der Waals surface area contributed by atoms with E-state index in [1.54, 1.807) is 37.3 Å². The van der Waals surface area contributed by atoms with Gasteiger partial charge in [0.15, 0.2) is 5.82 Å². The van der Waals surface area contributed by atoms with Gasteiger partial charge in [-0.2, -0.15) is 9.97 Å². The predicted octanol–water partition coefficient (Wildman–Crippen LogP) is 5.20. The van der Waals surface area contributed by atoms with Gasteiger partial charge in [-0.1, -0.05) is 17.3 Å². The summed E-state index contributed by atoms with van der Waals surface area (Å²) in [5.74, 6) is 0.691. The van der Waals surface area contributed by atoms with E-state index < -0.39 is 11.4 Å². The van der Waals surface area contributed by atoms with E-state index in [9.17, 15) is 14.0 Å². The van der Waals surface area contributed by atoms with E-state index in [2.05, 4.69) is 26.1 Å². The van der Waals surface area contributed by atoms with Gasteiger partial charge in [0.05, 0.1) is 10.9 Å². The summed E-state index contributed by atoms with van der Waals surface area (Å²) in [5, 5.41) is 13.3. The second-order valence-electron chi connectivity index (χ2n) is 9.92. The quantitative estimate of drug-likeness (QED) is 0.238. The number of carbonyl (C=O) groups excluding carboxylic acids is 2. The van der Waals surface area contributed by atoms with Crippen molar-refractivity contribution in [1.29, 1.82) is 0 Å². The molecule has 11 heteroatoms. The minimum absolute atomic E-state index is 0.252. The smallest absolute Gasteiger partial charge is 0.255 e. The molecule has 0 unspecified atom stereocenters. The Labute approximate surface area is 234 Å². The highest BCUT2D eigenvalue weighted by Gasteiger charge is 2.50. The largest absolute Gasteiger partial charge is 0.437 e. The zero-order chi connectivity index (χ0) is 28.7. The maximum absolute atomic E-state index is 13.6. The van der Waals surface area contributed by atoms with Gasteiger partial charge in [0.1, 0.15) is 22.9 Å². The summed E-state index contributed by atoms with van der Waals surface area (Å²) in [6, 6.07) is 14.7. The summed E-state index contributed by atoms with van der Waals surface area (Å²) in [7, 11) is 1.53. The first-order valence-electron chi connectivity index (χ1n) is 13.2. The van der Waals surface area contributed by atoms with Gasteiger partial charge in [-0.05, 0) is 74.7 Å². The fourth-order valence-electron chi connectivity index (χ4n) is 4.83. The van der Waals surface area contributed by atoms with Crippen molar-refractivity contribution in [3.63, 3.8) is 0 Å². The fourth-order valence-corrected chi connectivity index (χ4v) is 4.83. The summed E-state index contributed by atoms with van der Waals surface area (Å²) in [4.78, 5) is 35.4. The van der Waals surface area contributed by atoms with Crippen LogP contribution in [0.3, 0.4) is 0 Å². The monoisotopic (exact) mass is 554 g/mol. The van der Waals surface area contributed by atoms with Crippen LogP contribution in [0.4, 0.5) is 10.2 Å². The maximum atomic E-state index is 13.6. The molecule has 0 atom stereocenters. The van der Waals surface area contributed by atoms with Gasteiger partial charge in [-0.3, -0.25) is 9.59 Å². The zero-order valence-corrected chi connectivity index (χ0v) is 22.7. The van der Waals surface area contributed by atoms with Gasteiger partial charge in [0, 0.05) is 30.3 Å². The number of furan rings is 1. The average Bonchev–Trinajstić information content (AvgIpc) is 3.45. The lowest BCUT2D eigenvalue weighted by atomic mass is 9.99.